The van der Waals surface area contributed by atoms with Crippen LogP contribution in [0.25, 0.3) is 0 Å². The molecule has 0 aromatic heterocycles. The normalized spacial score (nSPS) is 11.4. The molecular weight excluding hydrogens is 231 g/mol. The summed E-state index contributed by atoms with van der Waals surface area (Å²) in [5.74, 6) is 1.33. The molecule has 0 fully saturated rings. The topological polar surface area (TPSA) is 46.1 Å². The maximum Gasteiger partial charge on any atom is 3.00 e. The minimum absolute atomic E-state index is 0. The summed E-state index contributed by atoms with van der Waals surface area (Å²) in [5, 5.41) is 0. The molecule has 0 aliphatic rings. The van der Waals surface area contributed by atoms with E-state index in [1.807, 2.05) is 13.8 Å². The third-order valence-electron chi connectivity index (χ3n) is 0.983. The Morgan fingerprint density at radius 2 is 1.60 bits per heavy atom. The monoisotopic (exact) mass is 241 g/mol. The van der Waals surface area contributed by atoms with Crippen molar-refractivity contribution in [2.75, 3.05) is 11.5 Å². The van der Waals surface area contributed by atoms with Crippen LogP contribution in [0.2, 0.25) is 0 Å². The zero-order valence-corrected chi connectivity index (χ0v) is 9.48. The van der Waals surface area contributed by atoms with E-state index in [0.29, 0.717) is 11.5 Å². The second-order valence-corrected chi connectivity index (χ2v) is 9.59. The summed E-state index contributed by atoms with van der Waals surface area (Å²) in [5.41, 5.74) is -3.41. The van der Waals surface area contributed by atoms with Gasteiger partial charge in [0, 0.05) is 0 Å². The van der Waals surface area contributed by atoms with E-state index in [1.54, 1.807) is 0 Å². The fourth-order valence-corrected chi connectivity index (χ4v) is 5.36. The van der Waals surface area contributed by atoms with Crippen molar-refractivity contribution in [1.82, 2.24) is 0 Å². The Bertz CT molecular complexity index is 130. The van der Waals surface area contributed by atoms with Crippen molar-refractivity contribution in [2.24, 2.45) is 0 Å². The average molecular weight is 241 g/mol. The number of hydrogen-bond acceptors (Lipinski definition) is 3. The molecule has 0 rings (SSSR count). The van der Waals surface area contributed by atoms with E-state index in [1.165, 1.54) is 0 Å². The van der Waals surface area contributed by atoms with Crippen LogP contribution >= 0.6 is 5.69 Å². The molecule has 0 aliphatic heterocycles. The Kier molecular flexibility index (Phi) is 8.65. The first-order valence-corrected chi connectivity index (χ1v) is 7.53. The molecule has 0 aromatic carbocycles. The third-order valence-corrected chi connectivity index (χ3v) is 8.29. The first-order valence-electron chi connectivity index (χ1n) is 2.72. The first kappa shape index (κ1) is 14.1. The number of hydrogen-bond donors (Lipinski definition) is 0. The Hall–Kier alpha value is 1.57. The third kappa shape index (κ3) is 5.25. The molecule has 0 aliphatic carbocycles. The van der Waals surface area contributed by atoms with Gasteiger partial charge >= 0.3 is 17.1 Å². The van der Waals surface area contributed by atoms with Crippen molar-refractivity contribution in [2.45, 2.75) is 13.8 Å². The standard InChI is InChI=1S/C4H10O2PS2.Fe/c1-3-9(4-2)7(5,6)8;/h3-4H2,1-2H3;/q-3;+3. The maximum atomic E-state index is 10.6. The first-order chi connectivity index (χ1) is 4.02. The molecule has 63 valence electrons. The average Bonchev–Trinajstić information content (AvgIpc) is 1.65. The van der Waals surface area contributed by atoms with E-state index in [-0.39, 0.29) is 17.1 Å². The van der Waals surface area contributed by atoms with Gasteiger partial charge in [0.05, 0.1) is 0 Å². The molecule has 0 bridgehead atoms. The summed E-state index contributed by atoms with van der Waals surface area (Å²) >= 11 is 4.32. The van der Waals surface area contributed by atoms with Gasteiger partial charge < -0.3 is 27.7 Å². The molecule has 0 saturated carbocycles. The molecule has 0 atom stereocenters. The van der Waals surface area contributed by atoms with Crippen molar-refractivity contribution in [1.29, 1.82) is 0 Å². The molecule has 0 heterocycles. The smallest absolute Gasteiger partial charge is 0.854 e. The van der Waals surface area contributed by atoms with E-state index in [0.717, 1.165) is 0 Å². The van der Waals surface area contributed by atoms with E-state index in [2.05, 4.69) is 12.2 Å². The second-order valence-electron chi connectivity index (χ2n) is 1.49. The Balaban J connectivity index is 0. The van der Waals surface area contributed by atoms with Crippen LogP contribution in [0.3, 0.4) is 0 Å². The molecule has 0 N–H and O–H groups in total. The molecule has 0 unspecified atom stereocenters. The fourth-order valence-electron chi connectivity index (χ4n) is 0.520. The number of rotatable bonds is 2. The summed E-state index contributed by atoms with van der Waals surface area (Å²) in [7, 11) is -0.541. The SMILES string of the molecule is CCS(CC)=P([O-])([O-])[S-].[Fe+3]. The van der Waals surface area contributed by atoms with Gasteiger partial charge in [-0.1, -0.05) is 13.8 Å². The van der Waals surface area contributed by atoms with Crippen LogP contribution in [0.1, 0.15) is 13.8 Å². The molecule has 2 nitrogen and oxygen atoms in total. The van der Waals surface area contributed by atoms with Crippen molar-refractivity contribution >= 4 is 28.0 Å². The predicted octanol–water partition coefficient (Wildman–Crippen LogP) is -0.413. The summed E-state index contributed by atoms with van der Waals surface area (Å²) in [6.07, 6.45) is 0. The van der Waals surface area contributed by atoms with Gasteiger partial charge in [0.15, 0.2) is 0 Å². The van der Waals surface area contributed by atoms with E-state index >= 15 is 0 Å². The molecular formula is C4H10FeO2PS2. The Morgan fingerprint density at radius 3 is 1.60 bits per heavy atom. The minimum Gasteiger partial charge on any atom is -0.854 e. The van der Waals surface area contributed by atoms with Gasteiger partial charge in [0.1, 0.15) is 0 Å². The van der Waals surface area contributed by atoms with Crippen LogP contribution in [0.4, 0.5) is 0 Å². The van der Waals surface area contributed by atoms with Crippen LogP contribution in [-0.4, -0.2) is 11.5 Å². The summed E-state index contributed by atoms with van der Waals surface area (Å²) < 4.78 is 0. The molecule has 10 heavy (non-hydrogen) atoms. The zero-order valence-electron chi connectivity index (χ0n) is 5.85. The van der Waals surface area contributed by atoms with E-state index in [4.69, 9.17) is 0 Å². The van der Waals surface area contributed by atoms with Crippen LogP contribution in [0, 0.1) is 0 Å². The molecule has 0 saturated heterocycles. The second kappa shape index (κ2) is 6.13. The van der Waals surface area contributed by atoms with Crippen LogP contribution in [-0.2, 0) is 39.4 Å². The maximum absolute atomic E-state index is 10.6. The summed E-state index contributed by atoms with van der Waals surface area (Å²) in [4.78, 5) is 21.3. The van der Waals surface area contributed by atoms with Crippen molar-refractivity contribution in [3.63, 3.8) is 0 Å². The van der Waals surface area contributed by atoms with Gasteiger partial charge in [0.2, 0.25) is 0 Å². The largest absolute Gasteiger partial charge is 3.00 e. The quantitative estimate of drug-likeness (QED) is 0.375. The molecule has 0 aromatic rings. The minimum atomic E-state index is -3.41. The summed E-state index contributed by atoms with van der Waals surface area (Å²) in [6.45, 7) is 3.70. The van der Waals surface area contributed by atoms with Gasteiger partial charge in [-0.25, -0.2) is 10.1 Å². The van der Waals surface area contributed by atoms with Crippen molar-refractivity contribution in [3.05, 3.63) is 0 Å². The molecule has 0 amide bonds. The molecule has 0 spiro atoms. The van der Waals surface area contributed by atoms with E-state index < -0.39 is 15.8 Å². The predicted molar refractivity (Wildman–Crippen MR) is 42.7 cm³/mol. The van der Waals surface area contributed by atoms with E-state index in [9.17, 15) is 9.79 Å². The van der Waals surface area contributed by atoms with Crippen LogP contribution in [0.15, 0.2) is 0 Å². The summed E-state index contributed by atoms with van der Waals surface area (Å²) in [6, 6.07) is 0. The molecule has 1 radical (unpaired) electrons. The molecule has 6 heteroatoms. The van der Waals surface area contributed by atoms with Gasteiger partial charge in [-0.3, -0.25) is 0 Å². The van der Waals surface area contributed by atoms with Crippen molar-refractivity contribution in [3.8, 4) is 0 Å². The van der Waals surface area contributed by atoms with Gasteiger partial charge in [-0.2, -0.15) is 0 Å². The fraction of sp³-hybridized carbons (Fsp3) is 1.00. The van der Waals surface area contributed by atoms with Gasteiger partial charge in [-0.05, 0) is 11.5 Å². The Morgan fingerprint density at radius 1 is 1.30 bits per heavy atom. The van der Waals surface area contributed by atoms with Crippen LogP contribution < -0.4 is 9.79 Å². The van der Waals surface area contributed by atoms with Gasteiger partial charge in [0.25, 0.3) is 0 Å². The van der Waals surface area contributed by atoms with Gasteiger partial charge in [-0.15, -0.1) is 0 Å². The zero-order chi connectivity index (χ0) is 7.49. The van der Waals surface area contributed by atoms with Crippen molar-refractivity contribution < 1.29 is 26.9 Å². The van der Waals surface area contributed by atoms with Crippen LogP contribution in [0.5, 0.6) is 0 Å². The Labute approximate surface area is 80.2 Å².